The number of aliphatic hydroxyl groups excluding tert-OH is 1. The van der Waals surface area contributed by atoms with Gasteiger partial charge in [0.2, 0.25) is 0 Å². The van der Waals surface area contributed by atoms with Crippen molar-refractivity contribution in [1.29, 1.82) is 0 Å². The van der Waals surface area contributed by atoms with Crippen molar-refractivity contribution in [2.75, 3.05) is 39.6 Å². The van der Waals surface area contributed by atoms with E-state index in [-0.39, 0.29) is 25.7 Å². The number of esters is 4. The van der Waals surface area contributed by atoms with Gasteiger partial charge in [-0.3, -0.25) is 37.3 Å². The van der Waals surface area contributed by atoms with Crippen LogP contribution in [0.5, 0.6) is 0 Å². The van der Waals surface area contributed by atoms with Crippen LogP contribution in [0.4, 0.5) is 0 Å². The zero-order valence-electron chi connectivity index (χ0n) is 60.9. The van der Waals surface area contributed by atoms with Crippen molar-refractivity contribution in [3.63, 3.8) is 0 Å². The molecule has 19 heteroatoms. The first kappa shape index (κ1) is 91.5. The van der Waals surface area contributed by atoms with Crippen LogP contribution in [0.25, 0.3) is 0 Å². The van der Waals surface area contributed by atoms with Gasteiger partial charge in [-0.25, -0.2) is 9.13 Å². The minimum absolute atomic E-state index is 0.0837. The minimum atomic E-state index is -4.96. The van der Waals surface area contributed by atoms with Crippen molar-refractivity contribution in [3.8, 4) is 0 Å². The number of hydrogen-bond acceptors (Lipinski definition) is 15. The highest BCUT2D eigenvalue weighted by molar-refractivity contribution is 7.47. The molecule has 3 N–H and O–H groups in total. The van der Waals surface area contributed by atoms with E-state index in [1.54, 1.807) is 0 Å². The molecule has 0 rings (SSSR count). The summed E-state index contributed by atoms with van der Waals surface area (Å²) < 4.78 is 68.4. The van der Waals surface area contributed by atoms with E-state index < -0.39 is 97.5 Å². The Balaban J connectivity index is 5.21. The van der Waals surface area contributed by atoms with Gasteiger partial charge in [0.05, 0.1) is 26.4 Å². The first-order valence-corrected chi connectivity index (χ1v) is 41.2. The second-order valence-corrected chi connectivity index (χ2v) is 30.5. The summed E-state index contributed by atoms with van der Waals surface area (Å²) in [5, 5.41) is 10.6. The largest absolute Gasteiger partial charge is 0.472 e. The molecule has 0 aromatic rings. The monoisotopic (exact) mass is 1380 g/mol. The molecule has 0 spiro atoms. The molecule has 0 amide bonds. The van der Waals surface area contributed by atoms with Gasteiger partial charge in [0.25, 0.3) is 0 Å². The van der Waals surface area contributed by atoms with Gasteiger partial charge in [-0.1, -0.05) is 304 Å². The molecule has 0 radical (unpaired) electrons. The number of allylic oxidation sites excluding steroid dienone is 4. The molecule has 554 valence electrons. The van der Waals surface area contributed by atoms with Crippen LogP contribution in [0, 0.1) is 17.8 Å². The average Bonchev–Trinajstić information content (AvgIpc) is 2.16. The van der Waals surface area contributed by atoms with Crippen molar-refractivity contribution in [3.05, 3.63) is 24.3 Å². The fourth-order valence-corrected chi connectivity index (χ4v) is 12.4. The Labute approximate surface area is 573 Å². The van der Waals surface area contributed by atoms with E-state index in [0.717, 1.165) is 121 Å². The van der Waals surface area contributed by atoms with Gasteiger partial charge in [-0.05, 0) is 69.1 Å². The lowest BCUT2D eigenvalue weighted by atomic mass is 10.00. The number of carbonyl (C=O) groups is 4. The highest BCUT2D eigenvalue weighted by atomic mass is 31.2. The third kappa shape index (κ3) is 66.8. The zero-order chi connectivity index (χ0) is 69.4. The molecule has 94 heavy (non-hydrogen) atoms. The third-order valence-corrected chi connectivity index (χ3v) is 19.0. The van der Waals surface area contributed by atoms with Gasteiger partial charge in [0.15, 0.2) is 12.2 Å². The van der Waals surface area contributed by atoms with E-state index in [1.807, 2.05) is 0 Å². The Morgan fingerprint density at radius 1 is 0.351 bits per heavy atom. The Bertz CT molecular complexity index is 1930. The molecule has 3 unspecified atom stereocenters. The molecule has 17 nitrogen and oxygen atoms in total. The van der Waals surface area contributed by atoms with Crippen LogP contribution in [0.2, 0.25) is 0 Å². The normalized spacial score (nSPS) is 14.6. The number of hydrogen-bond donors (Lipinski definition) is 3. The molecule has 0 saturated heterocycles. The summed E-state index contributed by atoms with van der Waals surface area (Å²) in [5.41, 5.74) is 0. The third-order valence-electron chi connectivity index (χ3n) is 17.1. The van der Waals surface area contributed by atoms with Gasteiger partial charge in [-0.2, -0.15) is 0 Å². The van der Waals surface area contributed by atoms with Crippen molar-refractivity contribution in [1.82, 2.24) is 0 Å². The van der Waals surface area contributed by atoms with Crippen LogP contribution in [0.3, 0.4) is 0 Å². The van der Waals surface area contributed by atoms with Crippen LogP contribution < -0.4 is 0 Å². The predicted octanol–water partition coefficient (Wildman–Crippen LogP) is 21.3. The molecule has 6 atom stereocenters. The molecule has 0 saturated carbocycles. The average molecular weight is 1380 g/mol. The van der Waals surface area contributed by atoms with Gasteiger partial charge in [-0.15, -0.1) is 0 Å². The van der Waals surface area contributed by atoms with Crippen molar-refractivity contribution >= 4 is 39.5 Å². The summed E-state index contributed by atoms with van der Waals surface area (Å²) >= 11 is 0. The number of unbranched alkanes of at least 4 members (excludes halogenated alkanes) is 35. The molecule has 0 heterocycles. The summed E-state index contributed by atoms with van der Waals surface area (Å²) in [4.78, 5) is 72.7. The van der Waals surface area contributed by atoms with Gasteiger partial charge in [0.1, 0.15) is 19.3 Å². The molecule has 0 aromatic carbocycles. The molecular formula is C75H142O17P2. The highest BCUT2D eigenvalue weighted by Gasteiger charge is 2.30. The van der Waals surface area contributed by atoms with E-state index in [1.165, 1.54) is 148 Å². The van der Waals surface area contributed by atoms with E-state index in [9.17, 15) is 43.2 Å². The van der Waals surface area contributed by atoms with Crippen LogP contribution >= 0.6 is 15.6 Å². The van der Waals surface area contributed by atoms with E-state index >= 15 is 0 Å². The lowest BCUT2D eigenvalue weighted by Crippen LogP contribution is -2.30. The quantitative estimate of drug-likeness (QED) is 0.0169. The highest BCUT2D eigenvalue weighted by Crippen LogP contribution is 2.45. The summed E-state index contributed by atoms with van der Waals surface area (Å²) in [6, 6.07) is 0. The number of aliphatic hydroxyl groups is 1. The molecule has 0 aliphatic rings. The summed E-state index contributed by atoms with van der Waals surface area (Å²) in [7, 11) is -9.92. The first-order valence-electron chi connectivity index (χ1n) is 38.2. The van der Waals surface area contributed by atoms with Crippen LogP contribution in [0.1, 0.15) is 357 Å². The first-order chi connectivity index (χ1) is 45.3. The van der Waals surface area contributed by atoms with Crippen molar-refractivity contribution in [2.45, 2.75) is 375 Å². The van der Waals surface area contributed by atoms with Crippen LogP contribution in [-0.4, -0.2) is 96.7 Å². The molecular weight excluding hydrogens is 1230 g/mol. The number of phosphoric ester groups is 2. The lowest BCUT2D eigenvalue weighted by Gasteiger charge is -2.21. The van der Waals surface area contributed by atoms with E-state index in [0.29, 0.717) is 31.6 Å². The number of phosphoric acid groups is 2. The van der Waals surface area contributed by atoms with Crippen molar-refractivity contribution < 1.29 is 80.2 Å². The maximum Gasteiger partial charge on any atom is 0.472 e. The summed E-state index contributed by atoms with van der Waals surface area (Å²) in [6.07, 6.45) is 53.8. The number of rotatable bonds is 71. The molecule has 0 bridgehead atoms. The van der Waals surface area contributed by atoms with Gasteiger partial charge in [0, 0.05) is 25.7 Å². The SMILES string of the molecule is CCCCCC/C=C\C=C/CCCCCCCC(=O)O[C@H](COC(=O)CCCCCCCCC(C)CC)COP(=O)(O)OC[C@H](O)COP(=O)(O)OC[C@@H](COC(=O)CCCCCCCCCCCCCCCCCCC(C)C)OC(=O)CCCCCCCCCC(C)C. The van der Waals surface area contributed by atoms with E-state index in [2.05, 4.69) is 72.8 Å². The molecule has 0 aromatic heterocycles. The summed E-state index contributed by atoms with van der Waals surface area (Å²) in [6.45, 7) is 11.7. The zero-order valence-corrected chi connectivity index (χ0v) is 62.7. The smallest absolute Gasteiger partial charge is 0.462 e. The van der Waals surface area contributed by atoms with Gasteiger partial charge < -0.3 is 33.8 Å². The fraction of sp³-hybridized carbons (Fsp3) is 0.893. The van der Waals surface area contributed by atoms with Crippen molar-refractivity contribution in [2.24, 2.45) is 17.8 Å². The second-order valence-electron chi connectivity index (χ2n) is 27.5. The summed E-state index contributed by atoms with van der Waals surface area (Å²) in [5.74, 6) is 0.0784. The Hall–Kier alpha value is -2.46. The lowest BCUT2D eigenvalue weighted by molar-refractivity contribution is -0.161. The topological polar surface area (TPSA) is 237 Å². The Kier molecular flexibility index (Phi) is 63.5. The minimum Gasteiger partial charge on any atom is -0.462 e. The standard InChI is InChI=1S/C75H142O17P2/c1-8-10-11-12-13-14-15-16-19-24-27-30-35-44-51-58-74(79)91-71(63-86-73(78)57-50-43-38-37-41-48-55-68(7)9-2)65-90-94(83,84)88-61-69(76)60-87-93(81,82)89-64-70(92-75(80)59-52-45-36-31-33-40-47-54-67(5)6)62-85-72(77)56-49-42-34-29-26-23-21-18-17-20-22-25-28-32-39-46-53-66(3)4/h14-16,19,66-71,76H,8-13,17-18,20-65H2,1-7H3,(H,81,82)(H,83,84)/b15-14-,19-16-/t68?,69-,70-,71-/m1/s1. The Morgan fingerprint density at radius 2 is 0.628 bits per heavy atom. The fourth-order valence-electron chi connectivity index (χ4n) is 10.9. The molecule has 0 fully saturated rings. The Morgan fingerprint density at radius 3 is 0.947 bits per heavy atom. The molecule has 0 aliphatic heterocycles. The predicted molar refractivity (Wildman–Crippen MR) is 381 cm³/mol. The van der Waals surface area contributed by atoms with Gasteiger partial charge >= 0.3 is 39.5 Å². The number of carbonyl (C=O) groups excluding carboxylic acids is 4. The maximum absolute atomic E-state index is 13.0. The van der Waals surface area contributed by atoms with Crippen LogP contribution in [0.15, 0.2) is 24.3 Å². The molecule has 0 aliphatic carbocycles. The second kappa shape index (κ2) is 65.2. The van der Waals surface area contributed by atoms with Crippen LogP contribution in [-0.2, 0) is 65.4 Å². The number of ether oxygens (including phenoxy) is 4. The van der Waals surface area contributed by atoms with E-state index in [4.69, 9.17) is 37.0 Å². The maximum atomic E-state index is 13.0.